The summed E-state index contributed by atoms with van der Waals surface area (Å²) in [6.07, 6.45) is 1.90. The van der Waals surface area contributed by atoms with Crippen LogP contribution in [0.4, 0.5) is 0 Å². The maximum absolute atomic E-state index is 13.9. The lowest BCUT2D eigenvalue weighted by Crippen LogP contribution is -2.09. The SMILES string of the molecule is O=C(c1ccccc1)c1c(-c2ccccc2)ncc(-c2ccsc2)c1-c1ccccc1. The Hall–Kier alpha value is -3.82. The molecule has 2 aromatic heterocycles. The summed E-state index contributed by atoms with van der Waals surface area (Å²) in [6, 6.07) is 31.6. The molecule has 3 heteroatoms. The second kappa shape index (κ2) is 8.50. The summed E-state index contributed by atoms with van der Waals surface area (Å²) in [5.74, 6) is -0.0251. The molecular weight excluding hydrogens is 398 g/mol. The molecule has 0 aliphatic rings. The van der Waals surface area contributed by atoms with Crippen molar-refractivity contribution in [1.82, 2.24) is 4.98 Å². The highest BCUT2D eigenvalue weighted by atomic mass is 32.1. The van der Waals surface area contributed by atoms with Crippen molar-refractivity contribution in [3.8, 4) is 33.5 Å². The van der Waals surface area contributed by atoms with E-state index >= 15 is 0 Å². The Morgan fingerprint density at radius 2 is 1.29 bits per heavy atom. The standard InChI is InChI=1S/C28H19NOS/c30-28(22-14-8-3-9-15-22)26-25(20-10-4-1-5-11-20)24(23-16-17-31-19-23)18-29-27(26)21-12-6-2-7-13-21/h1-19H. The first-order valence-corrected chi connectivity index (χ1v) is 11.0. The molecule has 0 radical (unpaired) electrons. The largest absolute Gasteiger partial charge is 0.289 e. The highest BCUT2D eigenvalue weighted by Crippen LogP contribution is 2.40. The van der Waals surface area contributed by atoms with E-state index in [2.05, 4.69) is 23.6 Å². The van der Waals surface area contributed by atoms with Crippen molar-refractivity contribution in [2.24, 2.45) is 0 Å². The maximum atomic E-state index is 13.9. The molecule has 148 valence electrons. The fourth-order valence-electron chi connectivity index (χ4n) is 3.82. The van der Waals surface area contributed by atoms with Crippen LogP contribution in [0.25, 0.3) is 33.5 Å². The number of thiophene rings is 1. The van der Waals surface area contributed by atoms with Gasteiger partial charge >= 0.3 is 0 Å². The van der Waals surface area contributed by atoms with Gasteiger partial charge in [-0.1, -0.05) is 91.0 Å². The van der Waals surface area contributed by atoms with E-state index in [1.807, 2.05) is 90.4 Å². The molecule has 3 aromatic carbocycles. The molecule has 0 bridgehead atoms. The number of benzene rings is 3. The molecule has 0 aliphatic heterocycles. The van der Waals surface area contributed by atoms with Crippen LogP contribution in [-0.4, -0.2) is 10.8 Å². The number of nitrogens with zero attached hydrogens (tertiary/aromatic N) is 1. The predicted octanol–water partition coefficient (Wildman–Crippen LogP) is 7.38. The third-order valence-electron chi connectivity index (χ3n) is 5.28. The Labute approximate surface area is 185 Å². The molecule has 0 atom stereocenters. The summed E-state index contributed by atoms with van der Waals surface area (Å²) in [7, 11) is 0. The summed E-state index contributed by atoms with van der Waals surface area (Å²) < 4.78 is 0. The number of aromatic nitrogens is 1. The van der Waals surface area contributed by atoms with E-state index in [4.69, 9.17) is 4.98 Å². The molecular formula is C28H19NOS. The normalized spacial score (nSPS) is 10.7. The van der Waals surface area contributed by atoms with Crippen molar-refractivity contribution >= 4 is 17.1 Å². The molecule has 2 nitrogen and oxygen atoms in total. The van der Waals surface area contributed by atoms with E-state index in [0.717, 1.165) is 27.8 Å². The molecule has 31 heavy (non-hydrogen) atoms. The van der Waals surface area contributed by atoms with Crippen molar-refractivity contribution in [2.45, 2.75) is 0 Å². The first-order chi connectivity index (χ1) is 15.3. The van der Waals surface area contributed by atoms with Crippen LogP contribution < -0.4 is 0 Å². The van der Waals surface area contributed by atoms with Crippen molar-refractivity contribution in [2.75, 3.05) is 0 Å². The van der Waals surface area contributed by atoms with Crippen LogP contribution in [0.3, 0.4) is 0 Å². The Kier molecular flexibility index (Phi) is 5.26. The fourth-order valence-corrected chi connectivity index (χ4v) is 4.48. The fraction of sp³-hybridized carbons (Fsp3) is 0. The third kappa shape index (κ3) is 3.72. The highest BCUT2D eigenvalue weighted by molar-refractivity contribution is 7.08. The monoisotopic (exact) mass is 417 g/mol. The van der Waals surface area contributed by atoms with Gasteiger partial charge in [-0.15, -0.1) is 0 Å². The topological polar surface area (TPSA) is 30.0 Å². The molecule has 0 saturated carbocycles. The van der Waals surface area contributed by atoms with Crippen LogP contribution in [0.5, 0.6) is 0 Å². The first-order valence-electron chi connectivity index (χ1n) is 10.1. The van der Waals surface area contributed by atoms with Gasteiger partial charge in [-0.3, -0.25) is 9.78 Å². The number of hydrogen-bond acceptors (Lipinski definition) is 3. The van der Waals surface area contributed by atoms with Crippen LogP contribution in [0, 0.1) is 0 Å². The lowest BCUT2D eigenvalue weighted by atomic mass is 9.86. The summed E-state index contributed by atoms with van der Waals surface area (Å²) in [4.78, 5) is 18.7. The predicted molar refractivity (Wildman–Crippen MR) is 128 cm³/mol. The average molecular weight is 418 g/mol. The van der Waals surface area contributed by atoms with Gasteiger partial charge in [0.1, 0.15) is 0 Å². The van der Waals surface area contributed by atoms with Gasteiger partial charge < -0.3 is 0 Å². The first kappa shape index (κ1) is 19.2. The lowest BCUT2D eigenvalue weighted by molar-refractivity contribution is 0.103. The molecule has 0 N–H and O–H groups in total. The van der Waals surface area contributed by atoms with E-state index < -0.39 is 0 Å². The number of carbonyl (C=O) groups excluding carboxylic acids is 1. The van der Waals surface area contributed by atoms with Crippen LogP contribution in [0.15, 0.2) is 114 Å². The summed E-state index contributed by atoms with van der Waals surface area (Å²) >= 11 is 1.64. The van der Waals surface area contributed by atoms with Crippen LogP contribution >= 0.6 is 11.3 Å². The van der Waals surface area contributed by atoms with E-state index in [0.29, 0.717) is 16.8 Å². The van der Waals surface area contributed by atoms with E-state index in [-0.39, 0.29) is 5.78 Å². The Morgan fingerprint density at radius 3 is 1.90 bits per heavy atom. The van der Waals surface area contributed by atoms with Crippen LogP contribution in [-0.2, 0) is 0 Å². The van der Waals surface area contributed by atoms with Gasteiger partial charge in [0.15, 0.2) is 5.78 Å². The minimum absolute atomic E-state index is 0.0251. The average Bonchev–Trinajstić information content (AvgIpc) is 3.39. The van der Waals surface area contributed by atoms with Gasteiger partial charge in [-0.2, -0.15) is 11.3 Å². The van der Waals surface area contributed by atoms with Gasteiger partial charge in [-0.05, 0) is 28.0 Å². The molecule has 0 unspecified atom stereocenters. The maximum Gasteiger partial charge on any atom is 0.195 e. The van der Waals surface area contributed by atoms with Gasteiger partial charge in [0.05, 0.1) is 11.3 Å². The number of pyridine rings is 1. The molecule has 0 saturated heterocycles. The number of rotatable bonds is 5. The Morgan fingerprint density at radius 1 is 0.677 bits per heavy atom. The van der Waals surface area contributed by atoms with Crippen molar-refractivity contribution in [3.05, 3.63) is 125 Å². The number of carbonyl (C=O) groups is 1. The zero-order valence-corrected chi connectivity index (χ0v) is 17.5. The second-order valence-corrected chi connectivity index (χ2v) is 7.99. The molecule has 0 spiro atoms. The quantitative estimate of drug-likeness (QED) is 0.279. The second-order valence-electron chi connectivity index (χ2n) is 7.21. The van der Waals surface area contributed by atoms with E-state index in [1.165, 1.54) is 0 Å². The summed E-state index contributed by atoms with van der Waals surface area (Å²) in [6.45, 7) is 0. The number of hydrogen-bond donors (Lipinski definition) is 0. The molecule has 0 amide bonds. The van der Waals surface area contributed by atoms with Crippen molar-refractivity contribution < 1.29 is 4.79 Å². The molecule has 5 rings (SSSR count). The lowest BCUT2D eigenvalue weighted by Gasteiger charge is -2.18. The minimum atomic E-state index is -0.0251. The highest BCUT2D eigenvalue weighted by Gasteiger charge is 2.24. The van der Waals surface area contributed by atoms with Gasteiger partial charge in [-0.25, -0.2) is 0 Å². The molecule has 0 fully saturated rings. The molecule has 0 aliphatic carbocycles. The van der Waals surface area contributed by atoms with Crippen LogP contribution in [0.2, 0.25) is 0 Å². The van der Waals surface area contributed by atoms with Gasteiger partial charge in [0.2, 0.25) is 0 Å². The third-order valence-corrected chi connectivity index (χ3v) is 5.97. The zero-order valence-electron chi connectivity index (χ0n) is 16.7. The zero-order chi connectivity index (χ0) is 21.0. The van der Waals surface area contributed by atoms with Crippen molar-refractivity contribution in [3.63, 3.8) is 0 Å². The summed E-state index contributed by atoms with van der Waals surface area (Å²) in [5.41, 5.74) is 6.87. The Balaban J connectivity index is 1.87. The Bertz CT molecular complexity index is 1310. The minimum Gasteiger partial charge on any atom is -0.289 e. The van der Waals surface area contributed by atoms with E-state index in [1.54, 1.807) is 11.3 Å². The van der Waals surface area contributed by atoms with Gasteiger partial charge in [0.25, 0.3) is 0 Å². The van der Waals surface area contributed by atoms with Crippen molar-refractivity contribution in [1.29, 1.82) is 0 Å². The molecule has 2 heterocycles. The summed E-state index contributed by atoms with van der Waals surface area (Å²) in [5, 5.41) is 4.15. The van der Waals surface area contributed by atoms with E-state index in [9.17, 15) is 4.79 Å². The van der Waals surface area contributed by atoms with Crippen LogP contribution in [0.1, 0.15) is 15.9 Å². The smallest absolute Gasteiger partial charge is 0.195 e. The number of ketones is 1. The van der Waals surface area contributed by atoms with Gasteiger partial charge in [0, 0.05) is 28.5 Å². The molecule has 5 aromatic rings.